The molecule has 0 fully saturated rings. The van der Waals surface area contributed by atoms with Crippen LogP contribution in [0.5, 0.6) is 11.5 Å². The van der Waals surface area contributed by atoms with E-state index >= 15 is 0 Å². The lowest BCUT2D eigenvalue weighted by Gasteiger charge is -2.21. The molecule has 0 heterocycles. The summed E-state index contributed by atoms with van der Waals surface area (Å²) in [5.41, 5.74) is 1.06. The van der Waals surface area contributed by atoms with Crippen molar-refractivity contribution >= 4 is 15.9 Å². The van der Waals surface area contributed by atoms with Crippen molar-refractivity contribution in [2.45, 2.75) is 4.95 Å². The van der Waals surface area contributed by atoms with Crippen molar-refractivity contribution in [2.75, 3.05) is 28.3 Å². The van der Waals surface area contributed by atoms with Crippen molar-refractivity contribution in [1.82, 2.24) is 4.90 Å². The third-order valence-corrected chi connectivity index (χ3v) is 3.46. The van der Waals surface area contributed by atoms with Crippen LogP contribution in [-0.2, 0) is 0 Å². The Morgan fingerprint density at radius 2 is 1.87 bits per heavy atom. The van der Waals surface area contributed by atoms with Crippen LogP contribution in [-0.4, -0.2) is 33.2 Å². The van der Waals surface area contributed by atoms with E-state index in [2.05, 4.69) is 20.8 Å². The van der Waals surface area contributed by atoms with Crippen LogP contribution in [0.2, 0.25) is 0 Å². The molecule has 1 unspecified atom stereocenters. The summed E-state index contributed by atoms with van der Waals surface area (Å²) >= 11 is 3.60. The van der Waals surface area contributed by atoms with Gasteiger partial charge in [0.15, 0.2) is 0 Å². The molecule has 0 amide bonds. The summed E-state index contributed by atoms with van der Waals surface area (Å²) < 4.78 is 10.5. The molecule has 0 aliphatic rings. The highest BCUT2D eigenvalue weighted by molar-refractivity contribution is 9.09. The number of ether oxygens (including phenoxy) is 2. The van der Waals surface area contributed by atoms with E-state index in [1.165, 1.54) is 0 Å². The van der Waals surface area contributed by atoms with Crippen molar-refractivity contribution in [3.63, 3.8) is 0 Å². The van der Waals surface area contributed by atoms with Gasteiger partial charge in [-0.25, -0.2) is 0 Å². The summed E-state index contributed by atoms with van der Waals surface area (Å²) in [6.07, 6.45) is 0. The topological polar surface area (TPSA) is 21.7 Å². The summed E-state index contributed by atoms with van der Waals surface area (Å²) in [4.78, 5) is 2.17. The molecular weight excluding hydrogens is 258 g/mol. The van der Waals surface area contributed by atoms with Crippen molar-refractivity contribution in [1.29, 1.82) is 0 Å². The Kier molecular flexibility index (Phi) is 4.42. The van der Waals surface area contributed by atoms with Crippen LogP contribution in [0.25, 0.3) is 0 Å². The van der Waals surface area contributed by atoms with Gasteiger partial charge in [-0.15, -0.1) is 0 Å². The SMILES string of the molecule is COc1ccc(OC)c(C(Br)N(C)C)c1. The Labute approximate surface area is 99.1 Å². The van der Waals surface area contributed by atoms with Crippen molar-refractivity contribution < 1.29 is 9.47 Å². The Morgan fingerprint density at radius 1 is 1.20 bits per heavy atom. The van der Waals surface area contributed by atoms with E-state index in [-0.39, 0.29) is 4.95 Å². The molecular formula is C11H16BrNO2. The number of hydrogen-bond donors (Lipinski definition) is 0. The van der Waals surface area contributed by atoms with E-state index < -0.39 is 0 Å². The van der Waals surface area contributed by atoms with Crippen LogP contribution < -0.4 is 9.47 Å². The zero-order valence-electron chi connectivity index (χ0n) is 9.45. The van der Waals surface area contributed by atoms with Gasteiger partial charge in [-0.3, -0.25) is 4.90 Å². The number of benzene rings is 1. The van der Waals surface area contributed by atoms with Gasteiger partial charge in [0.05, 0.1) is 19.2 Å². The number of rotatable bonds is 4. The fourth-order valence-corrected chi connectivity index (χ4v) is 1.66. The number of nitrogens with zero attached hydrogens (tertiary/aromatic N) is 1. The second-order valence-corrected chi connectivity index (χ2v) is 4.27. The van der Waals surface area contributed by atoms with Crippen LogP contribution in [0.1, 0.15) is 10.5 Å². The highest BCUT2D eigenvalue weighted by Gasteiger charge is 2.15. The normalized spacial score (nSPS) is 12.7. The smallest absolute Gasteiger partial charge is 0.124 e. The third kappa shape index (κ3) is 2.86. The highest BCUT2D eigenvalue weighted by atomic mass is 79.9. The minimum Gasteiger partial charge on any atom is -0.497 e. The Hall–Kier alpha value is -0.740. The molecule has 0 saturated heterocycles. The van der Waals surface area contributed by atoms with Gasteiger partial charge in [-0.05, 0) is 32.3 Å². The Morgan fingerprint density at radius 3 is 2.33 bits per heavy atom. The third-order valence-electron chi connectivity index (χ3n) is 2.15. The van der Waals surface area contributed by atoms with E-state index in [0.717, 1.165) is 17.1 Å². The lowest BCUT2D eigenvalue weighted by Crippen LogP contribution is -2.15. The molecule has 84 valence electrons. The molecule has 1 aromatic rings. The van der Waals surface area contributed by atoms with E-state index in [9.17, 15) is 0 Å². The second kappa shape index (κ2) is 5.37. The maximum absolute atomic E-state index is 5.30. The van der Waals surface area contributed by atoms with Gasteiger partial charge in [-0.2, -0.15) is 0 Å². The molecule has 4 heteroatoms. The average Bonchev–Trinajstić information content (AvgIpc) is 2.27. The summed E-state index contributed by atoms with van der Waals surface area (Å²) in [5, 5.41) is 0. The van der Waals surface area contributed by atoms with Crippen molar-refractivity contribution in [3.05, 3.63) is 23.8 Å². The number of halogens is 1. The van der Waals surface area contributed by atoms with Crippen LogP contribution in [0.15, 0.2) is 18.2 Å². The fourth-order valence-electron chi connectivity index (χ4n) is 1.30. The van der Waals surface area contributed by atoms with Gasteiger partial charge in [0.1, 0.15) is 11.5 Å². The first-order chi connectivity index (χ1) is 7.10. The lowest BCUT2D eigenvalue weighted by molar-refractivity contribution is 0.364. The molecule has 0 aliphatic carbocycles. The molecule has 0 aromatic heterocycles. The highest BCUT2D eigenvalue weighted by Crippen LogP contribution is 2.34. The molecule has 0 radical (unpaired) electrons. The monoisotopic (exact) mass is 273 g/mol. The average molecular weight is 274 g/mol. The molecule has 1 aromatic carbocycles. The second-order valence-electron chi connectivity index (χ2n) is 3.41. The standard InChI is InChI=1S/C11H16BrNO2/c1-13(2)11(12)9-7-8(14-3)5-6-10(9)15-4/h5-7,11H,1-4H3. The van der Waals surface area contributed by atoms with Gasteiger partial charge in [0, 0.05) is 5.56 Å². The predicted octanol–water partition coefficient (Wildman–Crippen LogP) is 2.66. The molecule has 15 heavy (non-hydrogen) atoms. The lowest BCUT2D eigenvalue weighted by atomic mass is 10.2. The maximum Gasteiger partial charge on any atom is 0.124 e. The molecule has 0 N–H and O–H groups in total. The minimum absolute atomic E-state index is 0.113. The van der Waals surface area contributed by atoms with E-state index in [4.69, 9.17) is 9.47 Å². The molecule has 3 nitrogen and oxygen atoms in total. The predicted molar refractivity (Wildman–Crippen MR) is 64.9 cm³/mol. The molecule has 0 aliphatic heterocycles. The van der Waals surface area contributed by atoms with Crippen LogP contribution in [0, 0.1) is 0 Å². The Balaban J connectivity index is 3.11. The molecule has 1 rings (SSSR count). The summed E-state index contributed by atoms with van der Waals surface area (Å²) in [7, 11) is 7.32. The number of hydrogen-bond acceptors (Lipinski definition) is 3. The largest absolute Gasteiger partial charge is 0.497 e. The summed E-state index contributed by atoms with van der Waals surface area (Å²) in [6, 6.07) is 5.77. The van der Waals surface area contributed by atoms with Gasteiger partial charge in [0.2, 0.25) is 0 Å². The zero-order valence-corrected chi connectivity index (χ0v) is 11.0. The van der Waals surface area contributed by atoms with Crippen molar-refractivity contribution in [2.24, 2.45) is 0 Å². The van der Waals surface area contributed by atoms with Gasteiger partial charge in [0.25, 0.3) is 0 Å². The van der Waals surface area contributed by atoms with E-state index in [1.807, 2.05) is 32.3 Å². The molecule has 1 atom stereocenters. The quantitative estimate of drug-likeness (QED) is 0.622. The first-order valence-electron chi connectivity index (χ1n) is 4.62. The van der Waals surface area contributed by atoms with Crippen molar-refractivity contribution in [3.8, 4) is 11.5 Å². The van der Waals surface area contributed by atoms with Crippen LogP contribution >= 0.6 is 15.9 Å². The van der Waals surface area contributed by atoms with Crippen LogP contribution in [0.4, 0.5) is 0 Å². The Bertz CT molecular complexity index is 328. The maximum atomic E-state index is 5.30. The van der Waals surface area contributed by atoms with Gasteiger partial charge < -0.3 is 9.47 Å². The zero-order chi connectivity index (χ0) is 11.4. The van der Waals surface area contributed by atoms with Gasteiger partial charge >= 0.3 is 0 Å². The first-order valence-corrected chi connectivity index (χ1v) is 5.54. The summed E-state index contributed by atoms with van der Waals surface area (Å²) in [5.74, 6) is 1.68. The minimum atomic E-state index is 0.113. The van der Waals surface area contributed by atoms with Crippen LogP contribution in [0.3, 0.4) is 0 Å². The molecule has 0 bridgehead atoms. The molecule has 0 saturated carbocycles. The van der Waals surface area contributed by atoms with E-state index in [1.54, 1.807) is 14.2 Å². The molecule has 0 spiro atoms. The first kappa shape index (κ1) is 12.3. The fraction of sp³-hybridized carbons (Fsp3) is 0.455. The van der Waals surface area contributed by atoms with E-state index in [0.29, 0.717) is 0 Å². The number of alkyl halides is 1. The summed E-state index contributed by atoms with van der Waals surface area (Å²) in [6.45, 7) is 0. The van der Waals surface area contributed by atoms with Gasteiger partial charge in [-0.1, -0.05) is 15.9 Å². The number of methoxy groups -OCH3 is 2.